The van der Waals surface area contributed by atoms with Gasteiger partial charge in [-0.2, -0.15) is 0 Å². The molecule has 43 heavy (non-hydrogen) atoms. The number of nitrogens with one attached hydrogen (secondary N) is 1. The van der Waals surface area contributed by atoms with Crippen molar-refractivity contribution in [3.8, 4) is 0 Å². The Morgan fingerprint density at radius 1 is 0.953 bits per heavy atom. The fourth-order valence-corrected chi connectivity index (χ4v) is 6.38. The highest BCUT2D eigenvalue weighted by Crippen LogP contribution is 2.29. The molecule has 3 rings (SSSR count). The Kier molecular flexibility index (Phi) is 12.8. The fourth-order valence-electron chi connectivity index (χ4n) is 4.68. The third kappa shape index (κ3) is 9.86. The lowest BCUT2D eigenvalue weighted by molar-refractivity contribution is -0.141. The molecule has 0 aliphatic carbocycles. The van der Waals surface area contributed by atoms with Crippen LogP contribution in [-0.2, 0) is 32.6 Å². The van der Waals surface area contributed by atoms with E-state index >= 15 is 0 Å². The molecule has 2 atom stereocenters. The van der Waals surface area contributed by atoms with Crippen LogP contribution in [0.3, 0.4) is 0 Å². The number of hydrogen-bond acceptors (Lipinski definition) is 4. The van der Waals surface area contributed by atoms with E-state index in [4.69, 9.17) is 34.8 Å². The molecule has 232 valence electrons. The number of amides is 2. The van der Waals surface area contributed by atoms with Crippen LogP contribution in [-0.4, -0.2) is 50.0 Å². The second-order valence-corrected chi connectivity index (χ2v) is 13.8. The Morgan fingerprint density at radius 2 is 1.60 bits per heavy atom. The first-order valence-electron chi connectivity index (χ1n) is 14.1. The average molecular weight is 667 g/mol. The van der Waals surface area contributed by atoms with Gasteiger partial charge in [-0.3, -0.25) is 13.9 Å². The van der Waals surface area contributed by atoms with Gasteiger partial charge in [0.1, 0.15) is 6.04 Å². The third-order valence-corrected chi connectivity index (χ3v) is 9.38. The highest BCUT2D eigenvalue weighted by molar-refractivity contribution is 7.92. The highest BCUT2D eigenvalue weighted by atomic mass is 35.5. The van der Waals surface area contributed by atoms with Gasteiger partial charge in [0.25, 0.3) is 0 Å². The molecule has 0 aromatic heterocycles. The number of aryl methyl sites for hydroxylation is 1. The molecule has 7 nitrogen and oxygen atoms in total. The van der Waals surface area contributed by atoms with E-state index in [2.05, 4.69) is 5.32 Å². The number of benzene rings is 3. The molecule has 0 heterocycles. The molecule has 1 N–H and O–H groups in total. The topological polar surface area (TPSA) is 86.8 Å². The zero-order valence-corrected chi connectivity index (χ0v) is 27.9. The summed E-state index contributed by atoms with van der Waals surface area (Å²) in [5, 5.41) is 4.20. The standard InChI is InChI=1S/C32H38Cl3N3O4S/c1-5-23(3)36-32(40)30(19-24-11-7-6-8-12-24)37(21-26-27(34)13-9-14-28(26)35)31(39)15-10-18-38(43(4,41)42)29-20-25(33)17-16-22(29)2/h6-9,11-14,16-17,20,23,30H,5,10,15,18-19,21H2,1-4H3,(H,36,40)/t23-,30+/m1/s1. The normalized spacial score (nSPS) is 12.8. The molecule has 0 fully saturated rings. The van der Waals surface area contributed by atoms with Crippen LogP contribution in [0, 0.1) is 6.92 Å². The molecule has 11 heteroatoms. The largest absolute Gasteiger partial charge is 0.352 e. The molecule has 0 aliphatic rings. The van der Waals surface area contributed by atoms with Crippen molar-refractivity contribution in [2.24, 2.45) is 0 Å². The summed E-state index contributed by atoms with van der Waals surface area (Å²) in [5.74, 6) is -0.616. The van der Waals surface area contributed by atoms with Crippen LogP contribution >= 0.6 is 34.8 Å². The molecule has 0 radical (unpaired) electrons. The summed E-state index contributed by atoms with van der Waals surface area (Å²) in [6.45, 7) is 5.74. The highest BCUT2D eigenvalue weighted by Gasteiger charge is 2.32. The van der Waals surface area contributed by atoms with E-state index in [0.717, 1.165) is 23.8 Å². The van der Waals surface area contributed by atoms with Crippen molar-refractivity contribution in [1.82, 2.24) is 10.2 Å². The number of hydrogen-bond donors (Lipinski definition) is 1. The van der Waals surface area contributed by atoms with E-state index in [1.807, 2.05) is 44.2 Å². The van der Waals surface area contributed by atoms with Gasteiger partial charge in [-0.1, -0.05) is 84.2 Å². The van der Waals surface area contributed by atoms with Crippen molar-refractivity contribution < 1.29 is 18.0 Å². The zero-order valence-electron chi connectivity index (χ0n) is 24.8. The van der Waals surface area contributed by atoms with Gasteiger partial charge >= 0.3 is 0 Å². The monoisotopic (exact) mass is 665 g/mol. The predicted molar refractivity (Wildman–Crippen MR) is 176 cm³/mol. The number of carbonyl (C=O) groups is 2. The van der Waals surface area contributed by atoms with E-state index in [1.165, 1.54) is 9.21 Å². The van der Waals surface area contributed by atoms with Gasteiger partial charge in [0.2, 0.25) is 21.8 Å². The summed E-state index contributed by atoms with van der Waals surface area (Å²) in [6.07, 6.45) is 2.30. The molecule has 2 amide bonds. The van der Waals surface area contributed by atoms with E-state index < -0.39 is 16.1 Å². The van der Waals surface area contributed by atoms with E-state index in [9.17, 15) is 18.0 Å². The minimum Gasteiger partial charge on any atom is -0.352 e. The predicted octanol–water partition coefficient (Wildman–Crippen LogP) is 7.06. The lowest BCUT2D eigenvalue weighted by atomic mass is 10.0. The second kappa shape index (κ2) is 15.8. The van der Waals surface area contributed by atoms with E-state index in [0.29, 0.717) is 26.3 Å². The molecule has 3 aromatic carbocycles. The summed E-state index contributed by atoms with van der Waals surface area (Å²) < 4.78 is 26.8. The molecule has 0 aliphatic heterocycles. The van der Waals surface area contributed by atoms with E-state index in [1.54, 1.807) is 43.3 Å². The first-order chi connectivity index (χ1) is 20.3. The van der Waals surface area contributed by atoms with Gasteiger partial charge in [-0.05, 0) is 62.1 Å². The Bertz CT molecular complexity index is 1500. The van der Waals surface area contributed by atoms with Crippen molar-refractivity contribution in [2.45, 2.75) is 65.1 Å². The maximum absolute atomic E-state index is 14.0. The molecule has 0 bridgehead atoms. The third-order valence-electron chi connectivity index (χ3n) is 7.25. The van der Waals surface area contributed by atoms with Crippen LogP contribution in [0.1, 0.15) is 49.8 Å². The number of sulfonamides is 1. The van der Waals surface area contributed by atoms with Crippen molar-refractivity contribution >= 4 is 62.3 Å². The summed E-state index contributed by atoms with van der Waals surface area (Å²) in [6, 6.07) is 18.6. The Balaban J connectivity index is 1.95. The van der Waals surface area contributed by atoms with Gasteiger partial charge in [0, 0.05) is 52.6 Å². The van der Waals surface area contributed by atoms with Crippen molar-refractivity contribution in [1.29, 1.82) is 0 Å². The van der Waals surface area contributed by atoms with Crippen LogP contribution in [0.15, 0.2) is 66.7 Å². The second-order valence-electron chi connectivity index (χ2n) is 10.6. The van der Waals surface area contributed by atoms with E-state index in [-0.39, 0.29) is 50.2 Å². The lowest BCUT2D eigenvalue weighted by Gasteiger charge is -2.33. The summed E-state index contributed by atoms with van der Waals surface area (Å²) in [4.78, 5) is 29.2. The summed E-state index contributed by atoms with van der Waals surface area (Å²) in [7, 11) is -3.67. The van der Waals surface area contributed by atoms with Gasteiger partial charge in [0.05, 0.1) is 11.9 Å². The van der Waals surface area contributed by atoms with Gasteiger partial charge in [-0.15, -0.1) is 0 Å². The summed E-state index contributed by atoms with van der Waals surface area (Å²) >= 11 is 19.2. The molecular formula is C32H38Cl3N3O4S. The van der Waals surface area contributed by atoms with Crippen molar-refractivity contribution in [3.63, 3.8) is 0 Å². The first kappa shape index (κ1) is 34.7. The SMILES string of the molecule is CC[C@@H](C)NC(=O)[C@H](Cc1ccccc1)N(Cc1c(Cl)cccc1Cl)C(=O)CCCN(c1cc(Cl)ccc1C)S(C)(=O)=O. The van der Waals surface area contributed by atoms with Gasteiger partial charge in [0.15, 0.2) is 0 Å². The quantitative estimate of drug-likeness (QED) is 0.200. The Labute approximate surface area is 270 Å². The molecule has 0 spiro atoms. The maximum atomic E-state index is 14.0. The molecule has 0 unspecified atom stereocenters. The maximum Gasteiger partial charge on any atom is 0.243 e. The fraction of sp³-hybridized carbons (Fsp3) is 0.375. The lowest BCUT2D eigenvalue weighted by Crippen LogP contribution is -2.52. The van der Waals surface area contributed by atoms with Gasteiger partial charge < -0.3 is 10.2 Å². The molecule has 3 aromatic rings. The van der Waals surface area contributed by atoms with Crippen LogP contribution in [0.25, 0.3) is 0 Å². The molecular weight excluding hydrogens is 629 g/mol. The van der Waals surface area contributed by atoms with Gasteiger partial charge in [-0.25, -0.2) is 8.42 Å². The number of anilines is 1. The van der Waals surface area contributed by atoms with Crippen LogP contribution in [0.5, 0.6) is 0 Å². The van der Waals surface area contributed by atoms with Crippen LogP contribution in [0.4, 0.5) is 5.69 Å². The minimum atomic E-state index is -3.67. The molecule has 0 saturated carbocycles. The zero-order chi connectivity index (χ0) is 31.7. The number of halogens is 3. The Morgan fingerprint density at radius 3 is 2.21 bits per heavy atom. The number of carbonyl (C=O) groups excluding carboxylic acids is 2. The summed E-state index contributed by atoms with van der Waals surface area (Å²) in [5.41, 5.74) is 2.60. The molecule has 0 saturated heterocycles. The van der Waals surface area contributed by atoms with Crippen LogP contribution < -0.4 is 9.62 Å². The Hall–Kier alpha value is -2.78. The number of nitrogens with zero attached hydrogens (tertiary/aromatic N) is 2. The average Bonchev–Trinajstić information content (AvgIpc) is 2.95. The first-order valence-corrected chi connectivity index (χ1v) is 17.1. The smallest absolute Gasteiger partial charge is 0.243 e. The minimum absolute atomic E-state index is 0.00591. The van der Waals surface area contributed by atoms with Crippen molar-refractivity contribution in [3.05, 3.63) is 98.5 Å². The van der Waals surface area contributed by atoms with Crippen LogP contribution in [0.2, 0.25) is 15.1 Å². The van der Waals surface area contributed by atoms with Crippen molar-refractivity contribution in [2.75, 3.05) is 17.1 Å². The number of rotatable bonds is 14.